The number of amides is 1. The minimum Gasteiger partial charge on any atom is -0.309 e. The summed E-state index contributed by atoms with van der Waals surface area (Å²) in [5.74, 6) is -0.0309. The van der Waals surface area contributed by atoms with Crippen molar-refractivity contribution in [2.75, 3.05) is 25.5 Å². The summed E-state index contributed by atoms with van der Waals surface area (Å²) in [6.45, 7) is 3.77. The molecule has 1 aliphatic heterocycles. The van der Waals surface area contributed by atoms with E-state index in [1.54, 1.807) is 23.1 Å². The summed E-state index contributed by atoms with van der Waals surface area (Å²) in [5.41, 5.74) is 2.74. The molecule has 1 N–H and O–H groups in total. The number of nitrogens with zero attached hydrogens (tertiary/aromatic N) is 2. The van der Waals surface area contributed by atoms with Crippen molar-refractivity contribution in [2.24, 2.45) is 0 Å². The Morgan fingerprint density at radius 3 is 2.50 bits per heavy atom. The maximum absolute atomic E-state index is 12.9. The van der Waals surface area contributed by atoms with Gasteiger partial charge >= 0.3 is 0 Å². The van der Waals surface area contributed by atoms with Crippen LogP contribution in [0.15, 0.2) is 53.4 Å². The summed E-state index contributed by atoms with van der Waals surface area (Å²) in [7, 11) is 0.206. The SMILES string of the molecule is CC(=O)N1c2ccc(S(=O)(=O)NC[C@@H](c3ccccc3)N(C)C)cc2C[C@@H]1C. The van der Waals surface area contributed by atoms with Gasteiger partial charge < -0.3 is 9.80 Å². The molecule has 1 heterocycles. The maximum atomic E-state index is 12.9. The van der Waals surface area contributed by atoms with E-state index in [0.29, 0.717) is 6.42 Å². The molecule has 28 heavy (non-hydrogen) atoms. The number of sulfonamides is 1. The summed E-state index contributed by atoms with van der Waals surface area (Å²) in [6.07, 6.45) is 0.655. The Morgan fingerprint density at radius 1 is 1.21 bits per heavy atom. The number of carbonyl (C=O) groups is 1. The molecule has 0 unspecified atom stereocenters. The van der Waals surface area contributed by atoms with Gasteiger partial charge in [-0.2, -0.15) is 0 Å². The van der Waals surface area contributed by atoms with Crippen LogP contribution in [-0.4, -0.2) is 45.9 Å². The van der Waals surface area contributed by atoms with Crippen molar-refractivity contribution in [3.05, 3.63) is 59.7 Å². The molecule has 3 rings (SSSR count). The fraction of sp³-hybridized carbons (Fsp3) is 0.381. The lowest BCUT2D eigenvalue weighted by Crippen LogP contribution is -2.34. The lowest BCUT2D eigenvalue weighted by Gasteiger charge is -2.25. The van der Waals surface area contributed by atoms with Gasteiger partial charge in [0.1, 0.15) is 0 Å². The van der Waals surface area contributed by atoms with E-state index in [1.165, 1.54) is 6.92 Å². The van der Waals surface area contributed by atoms with Gasteiger partial charge in [0.05, 0.1) is 4.90 Å². The first kappa shape index (κ1) is 20.5. The van der Waals surface area contributed by atoms with E-state index >= 15 is 0 Å². The summed E-state index contributed by atoms with van der Waals surface area (Å²) >= 11 is 0. The second-order valence-corrected chi connectivity index (χ2v) is 9.24. The molecule has 6 nitrogen and oxygen atoms in total. The van der Waals surface area contributed by atoms with Crippen molar-refractivity contribution in [3.8, 4) is 0 Å². The molecule has 0 saturated heterocycles. The van der Waals surface area contributed by atoms with Gasteiger partial charge in [-0.3, -0.25) is 4.79 Å². The third kappa shape index (κ3) is 4.11. The Labute approximate surface area is 167 Å². The molecule has 2 atom stereocenters. The van der Waals surface area contributed by atoms with Crippen LogP contribution in [0, 0.1) is 0 Å². The minimum atomic E-state index is -3.65. The van der Waals surface area contributed by atoms with Gasteiger partial charge in [0.2, 0.25) is 15.9 Å². The summed E-state index contributed by atoms with van der Waals surface area (Å²) in [5, 5.41) is 0. The van der Waals surface area contributed by atoms with Gasteiger partial charge in [-0.25, -0.2) is 13.1 Å². The van der Waals surface area contributed by atoms with E-state index in [1.807, 2.05) is 56.3 Å². The fourth-order valence-corrected chi connectivity index (χ4v) is 4.89. The van der Waals surface area contributed by atoms with Crippen LogP contribution in [0.2, 0.25) is 0 Å². The number of carbonyl (C=O) groups excluding carboxylic acids is 1. The maximum Gasteiger partial charge on any atom is 0.240 e. The molecule has 2 aromatic carbocycles. The number of benzene rings is 2. The van der Waals surface area contributed by atoms with Crippen molar-refractivity contribution in [1.82, 2.24) is 9.62 Å². The smallest absolute Gasteiger partial charge is 0.240 e. The van der Waals surface area contributed by atoms with Crippen molar-refractivity contribution >= 4 is 21.6 Å². The molecule has 1 amide bonds. The largest absolute Gasteiger partial charge is 0.309 e. The third-order valence-corrected chi connectivity index (χ3v) is 6.61. The van der Waals surface area contributed by atoms with Gasteiger partial charge in [-0.15, -0.1) is 0 Å². The molecule has 7 heteroatoms. The standard InChI is InChI=1S/C21H27N3O3S/c1-15-12-18-13-19(10-11-20(18)24(15)16(2)25)28(26,27)22-14-21(23(3)4)17-8-6-5-7-9-17/h5-11,13,15,21-22H,12,14H2,1-4H3/t15-,21-/m0/s1. The quantitative estimate of drug-likeness (QED) is 0.808. The average Bonchev–Trinajstić information content (AvgIpc) is 2.97. The zero-order chi connectivity index (χ0) is 20.5. The fourth-order valence-electron chi connectivity index (χ4n) is 3.80. The van der Waals surface area contributed by atoms with E-state index in [0.717, 1.165) is 16.8 Å². The van der Waals surface area contributed by atoms with Gasteiger partial charge in [0.25, 0.3) is 0 Å². The molecular formula is C21H27N3O3S. The number of fused-ring (bicyclic) bond motifs is 1. The summed E-state index contributed by atoms with van der Waals surface area (Å²) < 4.78 is 28.5. The molecule has 0 saturated carbocycles. The lowest BCUT2D eigenvalue weighted by molar-refractivity contribution is -0.116. The molecule has 2 aromatic rings. The minimum absolute atomic E-state index is 0.0309. The van der Waals surface area contributed by atoms with Crippen LogP contribution < -0.4 is 9.62 Å². The van der Waals surface area contributed by atoms with Gasteiger partial charge in [0, 0.05) is 31.2 Å². The Balaban J connectivity index is 1.80. The molecule has 1 aliphatic rings. The first-order valence-electron chi connectivity index (χ1n) is 9.34. The molecule has 0 aliphatic carbocycles. The Bertz CT molecular complexity index is 958. The Morgan fingerprint density at radius 2 is 1.89 bits per heavy atom. The van der Waals surface area contributed by atoms with E-state index in [2.05, 4.69) is 4.72 Å². The summed E-state index contributed by atoms with van der Waals surface area (Å²) in [6, 6.07) is 14.8. The lowest BCUT2D eigenvalue weighted by atomic mass is 10.1. The predicted molar refractivity (Wildman–Crippen MR) is 111 cm³/mol. The number of nitrogens with one attached hydrogen (secondary N) is 1. The first-order chi connectivity index (χ1) is 13.2. The molecular weight excluding hydrogens is 374 g/mol. The van der Waals surface area contributed by atoms with E-state index in [-0.39, 0.29) is 29.4 Å². The highest BCUT2D eigenvalue weighted by molar-refractivity contribution is 7.89. The number of hydrogen-bond acceptors (Lipinski definition) is 4. The van der Waals surface area contributed by atoms with Crippen molar-refractivity contribution in [2.45, 2.75) is 37.2 Å². The Hall–Kier alpha value is -2.22. The average molecular weight is 402 g/mol. The van der Waals surface area contributed by atoms with Gasteiger partial charge in [-0.05, 0) is 56.8 Å². The Kier molecular flexibility index (Phi) is 5.88. The number of rotatable bonds is 6. The molecule has 0 radical (unpaired) electrons. The molecule has 0 spiro atoms. The van der Waals surface area contributed by atoms with Crippen molar-refractivity contribution in [3.63, 3.8) is 0 Å². The van der Waals surface area contributed by atoms with Crippen LogP contribution in [0.4, 0.5) is 5.69 Å². The number of anilines is 1. The molecule has 0 fully saturated rings. The second kappa shape index (κ2) is 8.03. The van der Waals surface area contributed by atoms with Crippen LogP contribution in [0.25, 0.3) is 0 Å². The molecule has 150 valence electrons. The van der Waals surface area contributed by atoms with Crippen LogP contribution in [-0.2, 0) is 21.2 Å². The highest BCUT2D eigenvalue weighted by atomic mass is 32.2. The van der Waals surface area contributed by atoms with E-state index in [4.69, 9.17) is 0 Å². The van der Waals surface area contributed by atoms with Crippen LogP contribution >= 0.6 is 0 Å². The summed E-state index contributed by atoms with van der Waals surface area (Å²) in [4.78, 5) is 15.8. The van der Waals surface area contributed by atoms with Gasteiger partial charge in [0.15, 0.2) is 0 Å². The van der Waals surface area contributed by atoms with Crippen molar-refractivity contribution < 1.29 is 13.2 Å². The van der Waals surface area contributed by atoms with E-state index < -0.39 is 10.0 Å². The van der Waals surface area contributed by atoms with Gasteiger partial charge in [-0.1, -0.05) is 30.3 Å². The topological polar surface area (TPSA) is 69.7 Å². The molecule has 0 aromatic heterocycles. The van der Waals surface area contributed by atoms with Crippen LogP contribution in [0.3, 0.4) is 0 Å². The number of likely N-dealkylation sites (N-methyl/N-ethyl adjacent to an activating group) is 1. The highest BCUT2D eigenvalue weighted by Crippen LogP contribution is 2.34. The highest BCUT2D eigenvalue weighted by Gasteiger charge is 2.30. The predicted octanol–water partition coefficient (Wildman–Crippen LogP) is 2.57. The first-order valence-corrected chi connectivity index (χ1v) is 10.8. The van der Waals surface area contributed by atoms with Crippen molar-refractivity contribution in [1.29, 1.82) is 0 Å². The van der Waals surface area contributed by atoms with Crippen LogP contribution in [0.5, 0.6) is 0 Å². The second-order valence-electron chi connectivity index (χ2n) is 7.47. The van der Waals surface area contributed by atoms with Crippen LogP contribution in [0.1, 0.15) is 31.0 Å². The normalized spacial score (nSPS) is 17.6. The third-order valence-electron chi connectivity index (χ3n) is 5.19. The monoisotopic (exact) mass is 401 g/mol. The van der Waals surface area contributed by atoms with E-state index in [9.17, 15) is 13.2 Å². The zero-order valence-corrected chi connectivity index (χ0v) is 17.5. The number of hydrogen-bond donors (Lipinski definition) is 1. The molecule has 0 bridgehead atoms. The zero-order valence-electron chi connectivity index (χ0n) is 16.7.